The van der Waals surface area contributed by atoms with Gasteiger partial charge >= 0.3 is 5.97 Å². The number of benzene rings is 1. The first-order chi connectivity index (χ1) is 9.08. The van der Waals surface area contributed by atoms with Gasteiger partial charge in [0.15, 0.2) is 5.75 Å². The molecule has 0 fully saturated rings. The third kappa shape index (κ3) is 3.45. The van der Waals surface area contributed by atoms with Crippen molar-refractivity contribution in [1.82, 2.24) is 4.98 Å². The Labute approximate surface area is 123 Å². The predicted molar refractivity (Wildman–Crippen MR) is 74.7 cm³/mol. The molecule has 1 heterocycles. The molecule has 0 radical (unpaired) electrons. The second-order valence-electron chi connectivity index (χ2n) is 3.72. The standard InChI is InChI=1S/C13H9BrClNO3/c14-10-4-9(13(17)18)5-11(15)12(10)19-7-8-2-1-3-16-6-8/h1-6H,7H2,(H,17,18). The topological polar surface area (TPSA) is 59.4 Å². The van der Waals surface area contributed by atoms with E-state index in [2.05, 4.69) is 20.9 Å². The SMILES string of the molecule is O=C(O)c1cc(Cl)c(OCc2cccnc2)c(Br)c1. The molecule has 0 spiro atoms. The fourth-order valence-corrected chi connectivity index (χ4v) is 2.42. The van der Waals surface area contributed by atoms with Crippen LogP contribution in [-0.2, 0) is 6.61 Å². The predicted octanol–water partition coefficient (Wildman–Crippen LogP) is 3.77. The number of aromatic nitrogens is 1. The number of carboxylic acids is 1. The van der Waals surface area contributed by atoms with Crippen LogP contribution in [0.15, 0.2) is 41.1 Å². The van der Waals surface area contributed by atoms with Crippen molar-refractivity contribution in [1.29, 1.82) is 0 Å². The van der Waals surface area contributed by atoms with Gasteiger partial charge in [0.1, 0.15) is 6.61 Å². The summed E-state index contributed by atoms with van der Waals surface area (Å²) < 4.78 is 6.08. The van der Waals surface area contributed by atoms with Crippen molar-refractivity contribution in [2.45, 2.75) is 6.61 Å². The van der Waals surface area contributed by atoms with Crippen molar-refractivity contribution >= 4 is 33.5 Å². The maximum absolute atomic E-state index is 10.9. The summed E-state index contributed by atoms with van der Waals surface area (Å²) in [6.45, 7) is 0.304. The highest BCUT2D eigenvalue weighted by atomic mass is 79.9. The van der Waals surface area contributed by atoms with E-state index in [-0.39, 0.29) is 10.6 Å². The van der Waals surface area contributed by atoms with Crippen molar-refractivity contribution in [3.8, 4) is 5.75 Å². The van der Waals surface area contributed by atoms with E-state index in [0.717, 1.165) is 5.56 Å². The number of rotatable bonds is 4. The summed E-state index contributed by atoms with van der Waals surface area (Å²) in [6, 6.07) is 6.49. The van der Waals surface area contributed by atoms with E-state index in [1.54, 1.807) is 12.4 Å². The van der Waals surface area contributed by atoms with Crippen LogP contribution in [0.1, 0.15) is 15.9 Å². The fourth-order valence-electron chi connectivity index (χ4n) is 1.46. The first kappa shape index (κ1) is 13.8. The maximum atomic E-state index is 10.9. The number of halogens is 2. The third-order valence-electron chi connectivity index (χ3n) is 2.35. The maximum Gasteiger partial charge on any atom is 0.335 e. The van der Waals surface area contributed by atoms with Crippen LogP contribution < -0.4 is 4.74 Å². The molecule has 0 aliphatic carbocycles. The van der Waals surface area contributed by atoms with E-state index in [1.165, 1.54) is 12.1 Å². The van der Waals surface area contributed by atoms with Crippen LogP contribution in [0.4, 0.5) is 0 Å². The molecule has 0 unspecified atom stereocenters. The summed E-state index contributed by atoms with van der Waals surface area (Å²) in [7, 11) is 0. The minimum absolute atomic E-state index is 0.102. The molecule has 6 heteroatoms. The Bertz CT molecular complexity index is 581. The molecule has 1 aromatic carbocycles. The zero-order valence-electron chi connectivity index (χ0n) is 9.64. The van der Waals surface area contributed by atoms with E-state index in [4.69, 9.17) is 21.4 Å². The van der Waals surface area contributed by atoms with Gasteiger partial charge in [0.25, 0.3) is 0 Å². The number of ether oxygens (including phenoxy) is 1. The average molecular weight is 343 g/mol. The smallest absolute Gasteiger partial charge is 0.335 e. The quantitative estimate of drug-likeness (QED) is 0.918. The molecular weight excluding hydrogens is 334 g/mol. The van der Waals surface area contributed by atoms with Crippen molar-refractivity contribution in [3.05, 3.63) is 57.3 Å². The minimum atomic E-state index is -1.04. The molecule has 2 aromatic rings. The molecule has 0 aliphatic rings. The van der Waals surface area contributed by atoms with Crippen LogP contribution in [0.5, 0.6) is 5.75 Å². The largest absolute Gasteiger partial charge is 0.486 e. The van der Waals surface area contributed by atoms with E-state index < -0.39 is 5.97 Å². The summed E-state index contributed by atoms with van der Waals surface area (Å²) >= 11 is 9.26. The first-order valence-corrected chi connectivity index (χ1v) is 6.49. The normalized spacial score (nSPS) is 10.2. The molecule has 1 N–H and O–H groups in total. The Morgan fingerprint density at radius 2 is 2.26 bits per heavy atom. The molecule has 0 atom stereocenters. The van der Waals surface area contributed by atoms with Crippen molar-refractivity contribution in [2.24, 2.45) is 0 Å². The fraction of sp³-hybridized carbons (Fsp3) is 0.0769. The Morgan fingerprint density at radius 1 is 1.47 bits per heavy atom. The number of carboxylic acid groups (broad SMARTS) is 1. The van der Waals surface area contributed by atoms with E-state index >= 15 is 0 Å². The number of aromatic carboxylic acids is 1. The number of carbonyl (C=O) groups is 1. The van der Waals surface area contributed by atoms with Crippen molar-refractivity contribution in [3.63, 3.8) is 0 Å². The van der Waals surface area contributed by atoms with Crippen molar-refractivity contribution in [2.75, 3.05) is 0 Å². The summed E-state index contributed by atoms with van der Waals surface area (Å²) in [4.78, 5) is 14.8. The lowest BCUT2D eigenvalue weighted by Gasteiger charge is -2.10. The molecule has 0 bridgehead atoms. The van der Waals surface area contributed by atoms with Gasteiger partial charge in [0.05, 0.1) is 15.1 Å². The lowest BCUT2D eigenvalue weighted by molar-refractivity contribution is 0.0696. The van der Waals surface area contributed by atoms with Crippen LogP contribution >= 0.6 is 27.5 Å². The van der Waals surface area contributed by atoms with Gasteiger partial charge in [-0.2, -0.15) is 0 Å². The van der Waals surface area contributed by atoms with Crippen LogP contribution in [0, 0.1) is 0 Å². The third-order valence-corrected chi connectivity index (χ3v) is 3.22. The van der Waals surface area contributed by atoms with Gasteiger partial charge in [-0.15, -0.1) is 0 Å². The molecule has 19 heavy (non-hydrogen) atoms. The van der Waals surface area contributed by atoms with E-state index in [1.807, 2.05) is 12.1 Å². The van der Waals surface area contributed by atoms with Crippen LogP contribution in [0.25, 0.3) is 0 Å². The Morgan fingerprint density at radius 3 is 2.84 bits per heavy atom. The first-order valence-electron chi connectivity index (χ1n) is 5.32. The number of nitrogens with zero attached hydrogens (tertiary/aromatic N) is 1. The van der Waals surface area contributed by atoms with Gasteiger partial charge in [-0.25, -0.2) is 4.79 Å². The Balaban J connectivity index is 2.19. The molecule has 2 rings (SSSR count). The Hall–Kier alpha value is -1.59. The highest BCUT2D eigenvalue weighted by molar-refractivity contribution is 9.10. The molecule has 0 aliphatic heterocycles. The van der Waals surface area contributed by atoms with Gasteiger partial charge in [-0.05, 0) is 34.1 Å². The molecule has 0 saturated heterocycles. The van der Waals surface area contributed by atoms with Gasteiger partial charge in [0.2, 0.25) is 0 Å². The van der Waals surface area contributed by atoms with Crippen LogP contribution in [0.2, 0.25) is 5.02 Å². The monoisotopic (exact) mass is 341 g/mol. The van der Waals surface area contributed by atoms with E-state index in [0.29, 0.717) is 16.8 Å². The molecular formula is C13H9BrClNO3. The molecule has 0 saturated carbocycles. The number of hydrogen-bond acceptors (Lipinski definition) is 3. The lowest BCUT2D eigenvalue weighted by atomic mass is 10.2. The second kappa shape index (κ2) is 6.04. The number of hydrogen-bond donors (Lipinski definition) is 1. The lowest BCUT2D eigenvalue weighted by Crippen LogP contribution is -2.00. The average Bonchev–Trinajstić information content (AvgIpc) is 2.38. The highest BCUT2D eigenvalue weighted by Crippen LogP contribution is 2.35. The van der Waals surface area contributed by atoms with Gasteiger partial charge < -0.3 is 9.84 Å². The zero-order valence-corrected chi connectivity index (χ0v) is 12.0. The summed E-state index contributed by atoms with van der Waals surface area (Å²) in [5.41, 5.74) is 0.999. The zero-order chi connectivity index (χ0) is 13.8. The second-order valence-corrected chi connectivity index (χ2v) is 4.99. The summed E-state index contributed by atoms with van der Waals surface area (Å²) in [5, 5.41) is 9.15. The molecule has 1 aromatic heterocycles. The van der Waals surface area contributed by atoms with Crippen molar-refractivity contribution < 1.29 is 14.6 Å². The highest BCUT2D eigenvalue weighted by Gasteiger charge is 2.13. The number of pyridine rings is 1. The van der Waals surface area contributed by atoms with E-state index in [9.17, 15) is 4.79 Å². The summed E-state index contributed by atoms with van der Waals surface area (Å²) in [5.74, 6) is -0.628. The molecule has 4 nitrogen and oxygen atoms in total. The summed E-state index contributed by atoms with van der Waals surface area (Å²) in [6.07, 6.45) is 3.36. The molecule has 0 amide bonds. The van der Waals surface area contributed by atoms with Gasteiger partial charge in [-0.3, -0.25) is 4.98 Å². The van der Waals surface area contributed by atoms with Gasteiger partial charge in [-0.1, -0.05) is 17.7 Å². The Kier molecular flexibility index (Phi) is 4.39. The van der Waals surface area contributed by atoms with Crippen LogP contribution in [-0.4, -0.2) is 16.1 Å². The molecule has 98 valence electrons. The van der Waals surface area contributed by atoms with Crippen LogP contribution in [0.3, 0.4) is 0 Å². The minimum Gasteiger partial charge on any atom is -0.486 e. The van der Waals surface area contributed by atoms with Gasteiger partial charge in [0, 0.05) is 18.0 Å².